The molecule has 1 saturated heterocycles. The van der Waals surface area contributed by atoms with E-state index in [1.807, 2.05) is 0 Å². The first-order valence-corrected chi connectivity index (χ1v) is 9.43. The van der Waals surface area contributed by atoms with Crippen molar-refractivity contribution in [1.29, 1.82) is 0 Å². The summed E-state index contributed by atoms with van der Waals surface area (Å²) in [5.41, 5.74) is 0.770. The monoisotopic (exact) mass is 364 g/mol. The summed E-state index contributed by atoms with van der Waals surface area (Å²) in [6, 6.07) is 5.97. The average molecular weight is 364 g/mol. The Labute approximate surface area is 146 Å². The Morgan fingerprint density at radius 2 is 1.96 bits per heavy atom. The van der Waals surface area contributed by atoms with Gasteiger partial charge in [0.25, 0.3) is 0 Å². The number of methoxy groups -OCH3 is 1. The molecule has 1 aliphatic heterocycles. The molecule has 1 aliphatic rings. The molecule has 2 aromatic rings. The molecule has 1 aromatic heterocycles. The van der Waals surface area contributed by atoms with Crippen LogP contribution >= 0.6 is 0 Å². The Morgan fingerprint density at radius 1 is 1.28 bits per heavy atom. The molecule has 7 nitrogen and oxygen atoms in total. The van der Waals surface area contributed by atoms with Crippen molar-refractivity contribution in [1.82, 2.24) is 9.46 Å². The van der Waals surface area contributed by atoms with Gasteiger partial charge in [-0.25, -0.2) is 8.42 Å². The normalized spacial score (nSPS) is 18.4. The smallest absolute Gasteiger partial charge is 0.249 e. The minimum Gasteiger partial charge on any atom is -0.497 e. The molecular formula is C17H20N2O5S. The number of ketones is 1. The number of carbonyl (C=O) groups is 1. The highest BCUT2D eigenvalue weighted by atomic mass is 32.2. The van der Waals surface area contributed by atoms with E-state index in [4.69, 9.17) is 9.26 Å². The van der Waals surface area contributed by atoms with Crippen LogP contribution in [0.25, 0.3) is 0 Å². The van der Waals surface area contributed by atoms with Gasteiger partial charge in [-0.2, -0.15) is 4.31 Å². The van der Waals surface area contributed by atoms with Gasteiger partial charge in [0.05, 0.1) is 13.2 Å². The van der Waals surface area contributed by atoms with Crippen molar-refractivity contribution >= 4 is 15.8 Å². The van der Waals surface area contributed by atoms with Crippen LogP contribution in [0.4, 0.5) is 0 Å². The van der Waals surface area contributed by atoms with Gasteiger partial charge in [0.2, 0.25) is 10.0 Å². The van der Waals surface area contributed by atoms with Crippen molar-refractivity contribution in [3.63, 3.8) is 0 Å². The number of sulfonamides is 1. The number of aromatic nitrogens is 1. The maximum atomic E-state index is 13.0. The molecule has 0 radical (unpaired) electrons. The molecule has 25 heavy (non-hydrogen) atoms. The SMILES string of the molecule is COc1ccc(C(=O)C2CCCN2S(=O)(=O)c2c(C)noc2C)cc1. The Kier molecular flexibility index (Phi) is 4.66. The third-order valence-corrected chi connectivity index (χ3v) is 6.57. The Balaban J connectivity index is 1.93. The van der Waals surface area contributed by atoms with Crippen LogP contribution in [0.15, 0.2) is 33.7 Å². The van der Waals surface area contributed by atoms with Crippen LogP contribution in [0.1, 0.15) is 34.7 Å². The maximum absolute atomic E-state index is 13.0. The fourth-order valence-corrected chi connectivity index (χ4v) is 5.15. The first-order valence-electron chi connectivity index (χ1n) is 7.99. The third-order valence-electron chi connectivity index (χ3n) is 4.42. The fraction of sp³-hybridized carbons (Fsp3) is 0.412. The van der Waals surface area contributed by atoms with Crippen LogP contribution in [0.5, 0.6) is 5.75 Å². The highest BCUT2D eigenvalue weighted by Gasteiger charge is 2.41. The van der Waals surface area contributed by atoms with E-state index in [-0.39, 0.29) is 16.4 Å². The van der Waals surface area contributed by atoms with E-state index in [0.29, 0.717) is 36.4 Å². The van der Waals surface area contributed by atoms with Gasteiger partial charge in [0.15, 0.2) is 11.5 Å². The summed E-state index contributed by atoms with van der Waals surface area (Å²) in [6.07, 6.45) is 1.13. The molecule has 1 unspecified atom stereocenters. The second-order valence-corrected chi connectivity index (χ2v) is 7.85. The summed E-state index contributed by atoms with van der Waals surface area (Å²) in [5, 5.41) is 3.72. The van der Waals surface area contributed by atoms with Gasteiger partial charge in [-0.3, -0.25) is 4.79 Å². The summed E-state index contributed by atoms with van der Waals surface area (Å²) in [5.74, 6) is 0.665. The zero-order valence-corrected chi connectivity index (χ0v) is 15.2. The standard InChI is InChI=1S/C17H20N2O5S/c1-11-17(12(2)24-18-11)25(21,22)19-10-4-5-15(19)16(20)13-6-8-14(23-3)9-7-13/h6-9,15H,4-5,10H2,1-3H3. The van der Waals surface area contributed by atoms with E-state index < -0.39 is 16.1 Å². The second kappa shape index (κ2) is 6.61. The van der Waals surface area contributed by atoms with Crippen molar-refractivity contribution in [3.05, 3.63) is 41.3 Å². The summed E-state index contributed by atoms with van der Waals surface area (Å²) in [4.78, 5) is 12.9. The van der Waals surface area contributed by atoms with E-state index in [1.54, 1.807) is 45.2 Å². The van der Waals surface area contributed by atoms with Crippen LogP contribution in [0, 0.1) is 13.8 Å². The van der Waals surface area contributed by atoms with E-state index in [0.717, 1.165) is 0 Å². The molecule has 0 spiro atoms. The minimum absolute atomic E-state index is 0.0573. The molecule has 134 valence electrons. The topological polar surface area (TPSA) is 89.7 Å². The molecule has 0 bridgehead atoms. The summed E-state index contributed by atoms with van der Waals surface area (Å²) < 4.78 is 37.4. The van der Waals surface area contributed by atoms with Gasteiger partial charge < -0.3 is 9.26 Å². The number of hydrogen-bond acceptors (Lipinski definition) is 6. The van der Waals surface area contributed by atoms with Gasteiger partial charge in [-0.1, -0.05) is 5.16 Å². The predicted molar refractivity (Wildman–Crippen MR) is 90.2 cm³/mol. The Hall–Kier alpha value is -2.19. The van der Waals surface area contributed by atoms with Gasteiger partial charge in [0.1, 0.15) is 16.3 Å². The fourth-order valence-electron chi connectivity index (χ4n) is 3.20. The third kappa shape index (κ3) is 3.07. The predicted octanol–water partition coefficient (Wildman–Crippen LogP) is 2.34. The van der Waals surface area contributed by atoms with E-state index >= 15 is 0 Å². The molecule has 1 fully saturated rings. The van der Waals surface area contributed by atoms with Crippen molar-refractivity contribution in [2.75, 3.05) is 13.7 Å². The molecule has 0 aliphatic carbocycles. The largest absolute Gasteiger partial charge is 0.497 e. The maximum Gasteiger partial charge on any atom is 0.249 e. The molecule has 2 heterocycles. The number of ether oxygens (including phenoxy) is 1. The molecule has 8 heteroatoms. The lowest BCUT2D eigenvalue weighted by molar-refractivity contribution is 0.0918. The molecule has 0 N–H and O–H groups in total. The second-order valence-electron chi connectivity index (χ2n) is 6.02. The Bertz CT molecular complexity index is 867. The lowest BCUT2D eigenvalue weighted by atomic mass is 10.0. The van der Waals surface area contributed by atoms with Crippen molar-refractivity contribution in [3.8, 4) is 5.75 Å². The average Bonchev–Trinajstić information content (AvgIpc) is 3.22. The van der Waals surface area contributed by atoms with E-state index in [1.165, 1.54) is 4.31 Å². The van der Waals surface area contributed by atoms with E-state index in [2.05, 4.69) is 5.16 Å². The lowest BCUT2D eigenvalue weighted by Crippen LogP contribution is -2.40. The number of benzene rings is 1. The quantitative estimate of drug-likeness (QED) is 0.757. The highest BCUT2D eigenvalue weighted by Crippen LogP contribution is 2.31. The van der Waals surface area contributed by atoms with Crippen molar-refractivity contribution < 1.29 is 22.5 Å². The zero-order valence-electron chi connectivity index (χ0n) is 14.4. The first kappa shape index (κ1) is 17.6. The zero-order chi connectivity index (χ0) is 18.2. The summed E-state index contributed by atoms with van der Waals surface area (Å²) in [6.45, 7) is 3.45. The van der Waals surface area contributed by atoms with Gasteiger partial charge in [-0.15, -0.1) is 0 Å². The molecule has 1 aromatic carbocycles. The molecular weight excluding hydrogens is 344 g/mol. The summed E-state index contributed by atoms with van der Waals surface area (Å²) in [7, 11) is -2.29. The Morgan fingerprint density at radius 3 is 2.52 bits per heavy atom. The van der Waals surface area contributed by atoms with Crippen LogP contribution < -0.4 is 4.74 Å². The lowest BCUT2D eigenvalue weighted by Gasteiger charge is -2.23. The number of carbonyl (C=O) groups excluding carboxylic acids is 1. The van der Waals surface area contributed by atoms with Crippen molar-refractivity contribution in [2.24, 2.45) is 0 Å². The number of rotatable bonds is 5. The van der Waals surface area contributed by atoms with E-state index in [9.17, 15) is 13.2 Å². The van der Waals surface area contributed by atoms with Crippen LogP contribution in [-0.2, 0) is 10.0 Å². The number of hydrogen-bond donors (Lipinski definition) is 0. The highest BCUT2D eigenvalue weighted by molar-refractivity contribution is 7.89. The number of aryl methyl sites for hydroxylation is 2. The number of Topliss-reactive ketones (excluding diaryl/α,β-unsaturated/α-hetero) is 1. The van der Waals surface area contributed by atoms with Gasteiger partial charge >= 0.3 is 0 Å². The van der Waals surface area contributed by atoms with Crippen LogP contribution in [0.2, 0.25) is 0 Å². The molecule has 1 atom stereocenters. The molecule has 0 amide bonds. The minimum atomic E-state index is -3.84. The number of nitrogens with zero attached hydrogens (tertiary/aromatic N) is 2. The van der Waals surface area contributed by atoms with Crippen LogP contribution in [0.3, 0.4) is 0 Å². The van der Waals surface area contributed by atoms with Crippen LogP contribution in [-0.4, -0.2) is 43.4 Å². The van der Waals surface area contributed by atoms with Gasteiger partial charge in [-0.05, 0) is 51.0 Å². The molecule has 0 saturated carbocycles. The first-order chi connectivity index (χ1) is 11.9. The van der Waals surface area contributed by atoms with Gasteiger partial charge in [0, 0.05) is 12.1 Å². The summed E-state index contributed by atoms with van der Waals surface area (Å²) >= 11 is 0. The molecule has 3 rings (SSSR count). The van der Waals surface area contributed by atoms with Crippen molar-refractivity contribution in [2.45, 2.75) is 37.6 Å².